The van der Waals surface area contributed by atoms with Crippen LogP contribution in [0.1, 0.15) is 0 Å². The van der Waals surface area contributed by atoms with Gasteiger partial charge in [0.1, 0.15) is 6.61 Å². The molecular formula is C15H12F2N2O4S. The summed E-state index contributed by atoms with van der Waals surface area (Å²) in [6.07, 6.45) is -0.495. The highest BCUT2D eigenvalue weighted by atomic mass is 32.2. The highest BCUT2D eigenvalue weighted by Gasteiger charge is 2.24. The molecule has 1 N–H and O–H groups in total. The summed E-state index contributed by atoms with van der Waals surface area (Å²) in [5.41, 5.74) is 0.408. The SMILES string of the molecule is O=C1OCCN1c1ccc(S(=O)(=O)Nc2ccc(F)c(F)c2)cc1. The summed E-state index contributed by atoms with van der Waals surface area (Å²) in [4.78, 5) is 12.8. The fraction of sp³-hybridized carbons (Fsp3) is 0.133. The van der Waals surface area contributed by atoms with E-state index in [0.717, 1.165) is 18.2 Å². The number of nitrogens with zero attached hydrogens (tertiary/aromatic N) is 1. The van der Waals surface area contributed by atoms with Crippen molar-refractivity contribution in [2.45, 2.75) is 4.90 Å². The van der Waals surface area contributed by atoms with Crippen molar-refractivity contribution in [1.82, 2.24) is 0 Å². The van der Waals surface area contributed by atoms with Crippen LogP contribution in [0.15, 0.2) is 47.4 Å². The lowest BCUT2D eigenvalue weighted by molar-refractivity contribution is 0.181. The summed E-state index contributed by atoms with van der Waals surface area (Å²) in [5.74, 6) is -2.22. The fourth-order valence-electron chi connectivity index (χ4n) is 2.21. The molecule has 0 unspecified atom stereocenters. The van der Waals surface area contributed by atoms with Gasteiger partial charge in [-0.3, -0.25) is 9.62 Å². The number of carbonyl (C=O) groups is 1. The third-order valence-electron chi connectivity index (χ3n) is 3.39. The molecule has 0 atom stereocenters. The molecule has 126 valence electrons. The van der Waals surface area contributed by atoms with Gasteiger partial charge in [0.2, 0.25) is 0 Å². The van der Waals surface area contributed by atoms with E-state index in [4.69, 9.17) is 4.74 Å². The Kier molecular flexibility index (Phi) is 4.10. The highest BCUT2D eigenvalue weighted by Crippen LogP contribution is 2.23. The van der Waals surface area contributed by atoms with E-state index >= 15 is 0 Å². The zero-order valence-electron chi connectivity index (χ0n) is 12.2. The second kappa shape index (κ2) is 6.08. The number of carbonyl (C=O) groups excluding carboxylic acids is 1. The highest BCUT2D eigenvalue weighted by molar-refractivity contribution is 7.92. The van der Waals surface area contributed by atoms with Crippen LogP contribution < -0.4 is 9.62 Å². The first-order valence-corrected chi connectivity index (χ1v) is 8.37. The molecule has 0 bridgehead atoms. The van der Waals surface area contributed by atoms with Gasteiger partial charge < -0.3 is 4.74 Å². The largest absolute Gasteiger partial charge is 0.447 e. The van der Waals surface area contributed by atoms with Crippen LogP contribution >= 0.6 is 0 Å². The summed E-state index contributed by atoms with van der Waals surface area (Å²) in [5, 5.41) is 0. The molecule has 0 aromatic heterocycles. The number of amides is 1. The van der Waals surface area contributed by atoms with Crippen LogP contribution in [0.3, 0.4) is 0 Å². The van der Waals surface area contributed by atoms with Gasteiger partial charge in [-0.1, -0.05) is 0 Å². The van der Waals surface area contributed by atoms with E-state index in [2.05, 4.69) is 4.72 Å². The second-order valence-corrected chi connectivity index (χ2v) is 6.68. The molecular weight excluding hydrogens is 342 g/mol. The molecule has 2 aromatic rings. The van der Waals surface area contributed by atoms with Crippen LogP contribution in [-0.2, 0) is 14.8 Å². The maximum absolute atomic E-state index is 13.2. The Bertz CT molecular complexity index is 885. The third kappa shape index (κ3) is 3.16. The third-order valence-corrected chi connectivity index (χ3v) is 4.79. The van der Waals surface area contributed by atoms with E-state index < -0.39 is 27.8 Å². The van der Waals surface area contributed by atoms with E-state index in [-0.39, 0.29) is 17.2 Å². The van der Waals surface area contributed by atoms with Crippen LogP contribution in [0.5, 0.6) is 0 Å². The van der Waals surface area contributed by atoms with Crippen LogP contribution in [0.25, 0.3) is 0 Å². The van der Waals surface area contributed by atoms with Gasteiger partial charge in [0, 0.05) is 11.8 Å². The normalized spacial score (nSPS) is 14.6. The number of benzene rings is 2. The number of ether oxygens (including phenoxy) is 1. The molecule has 6 nitrogen and oxygen atoms in total. The van der Waals surface area contributed by atoms with Gasteiger partial charge in [-0.25, -0.2) is 22.0 Å². The standard InChI is InChI=1S/C15H12F2N2O4S/c16-13-6-1-10(9-14(13)17)18-24(21,22)12-4-2-11(3-5-12)19-7-8-23-15(19)20/h1-6,9,18H,7-8H2. The van der Waals surface area contributed by atoms with E-state index in [1.807, 2.05) is 0 Å². The average molecular weight is 354 g/mol. The van der Waals surface area contributed by atoms with Crippen molar-refractivity contribution in [2.24, 2.45) is 0 Å². The Balaban J connectivity index is 1.81. The Morgan fingerprint density at radius 2 is 1.75 bits per heavy atom. The lowest BCUT2D eigenvalue weighted by Gasteiger charge is -2.13. The Labute approximate surface area is 136 Å². The molecule has 0 aliphatic carbocycles. The summed E-state index contributed by atoms with van der Waals surface area (Å²) in [6.45, 7) is 0.661. The van der Waals surface area contributed by atoms with Crippen molar-refractivity contribution in [3.63, 3.8) is 0 Å². The Hall–Kier alpha value is -2.68. The smallest absolute Gasteiger partial charge is 0.414 e. The molecule has 3 rings (SSSR count). The summed E-state index contributed by atoms with van der Waals surface area (Å²) >= 11 is 0. The minimum atomic E-state index is -3.97. The van der Waals surface area contributed by atoms with Crippen LogP contribution in [-0.4, -0.2) is 27.7 Å². The van der Waals surface area contributed by atoms with Crippen molar-refractivity contribution in [1.29, 1.82) is 0 Å². The molecule has 24 heavy (non-hydrogen) atoms. The second-order valence-electron chi connectivity index (χ2n) is 4.99. The van der Waals surface area contributed by atoms with Gasteiger partial charge in [0.25, 0.3) is 10.0 Å². The molecule has 1 amide bonds. The van der Waals surface area contributed by atoms with Gasteiger partial charge >= 0.3 is 6.09 Å². The fourth-order valence-corrected chi connectivity index (χ4v) is 3.26. The lowest BCUT2D eigenvalue weighted by atomic mass is 10.3. The quantitative estimate of drug-likeness (QED) is 0.916. The van der Waals surface area contributed by atoms with Crippen molar-refractivity contribution >= 4 is 27.5 Å². The number of sulfonamides is 1. The van der Waals surface area contributed by atoms with E-state index in [1.54, 1.807) is 0 Å². The predicted octanol–water partition coefficient (Wildman–Crippen LogP) is 2.72. The number of nitrogens with one attached hydrogen (secondary N) is 1. The molecule has 2 aromatic carbocycles. The number of hydrogen-bond acceptors (Lipinski definition) is 4. The van der Waals surface area contributed by atoms with Gasteiger partial charge in [-0.05, 0) is 36.4 Å². The number of rotatable bonds is 4. The predicted molar refractivity (Wildman–Crippen MR) is 82.3 cm³/mol. The van der Waals surface area contributed by atoms with Gasteiger partial charge in [0.05, 0.1) is 17.1 Å². The monoisotopic (exact) mass is 354 g/mol. The number of cyclic esters (lactones) is 1. The van der Waals surface area contributed by atoms with E-state index in [9.17, 15) is 22.0 Å². The lowest BCUT2D eigenvalue weighted by Crippen LogP contribution is -2.23. The van der Waals surface area contributed by atoms with Gasteiger partial charge in [-0.2, -0.15) is 0 Å². The molecule has 1 saturated heterocycles. The molecule has 9 heteroatoms. The first-order chi connectivity index (χ1) is 11.4. The molecule has 0 radical (unpaired) electrons. The topological polar surface area (TPSA) is 75.7 Å². The maximum Gasteiger partial charge on any atom is 0.414 e. The van der Waals surface area contributed by atoms with E-state index in [1.165, 1.54) is 29.2 Å². The number of hydrogen-bond donors (Lipinski definition) is 1. The van der Waals surface area contributed by atoms with E-state index in [0.29, 0.717) is 12.2 Å². The van der Waals surface area contributed by atoms with Crippen LogP contribution in [0, 0.1) is 11.6 Å². The summed E-state index contributed by atoms with van der Waals surface area (Å²) in [6, 6.07) is 8.24. The summed E-state index contributed by atoms with van der Waals surface area (Å²) in [7, 11) is -3.97. The first kappa shape index (κ1) is 16.2. The van der Waals surface area contributed by atoms with Crippen molar-refractivity contribution < 1.29 is 26.7 Å². The molecule has 1 aliphatic rings. The molecule has 1 fully saturated rings. The summed E-state index contributed by atoms with van der Waals surface area (Å²) < 4.78 is 57.5. The Morgan fingerprint density at radius 1 is 1.04 bits per heavy atom. The van der Waals surface area contributed by atoms with Gasteiger partial charge in [0.15, 0.2) is 11.6 Å². The molecule has 0 spiro atoms. The number of anilines is 2. The maximum atomic E-state index is 13.2. The van der Waals surface area contributed by atoms with Gasteiger partial charge in [-0.15, -0.1) is 0 Å². The minimum absolute atomic E-state index is 0.0800. The minimum Gasteiger partial charge on any atom is -0.447 e. The number of halogens is 2. The zero-order chi connectivity index (χ0) is 17.3. The van der Waals surface area contributed by atoms with Crippen LogP contribution in [0.2, 0.25) is 0 Å². The van der Waals surface area contributed by atoms with Crippen LogP contribution in [0.4, 0.5) is 25.0 Å². The first-order valence-electron chi connectivity index (χ1n) is 6.89. The van der Waals surface area contributed by atoms with Crippen molar-refractivity contribution in [3.8, 4) is 0 Å². The van der Waals surface area contributed by atoms with Crippen molar-refractivity contribution in [3.05, 3.63) is 54.1 Å². The molecule has 1 aliphatic heterocycles. The average Bonchev–Trinajstić information content (AvgIpc) is 2.97. The zero-order valence-corrected chi connectivity index (χ0v) is 13.0. The Morgan fingerprint density at radius 3 is 2.33 bits per heavy atom. The molecule has 0 saturated carbocycles. The van der Waals surface area contributed by atoms with Crippen molar-refractivity contribution in [2.75, 3.05) is 22.8 Å². The molecule has 1 heterocycles.